The van der Waals surface area contributed by atoms with Gasteiger partial charge in [-0.25, -0.2) is 4.98 Å². The van der Waals surface area contributed by atoms with Crippen LogP contribution in [0.2, 0.25) is 5.02 Å². The number of nitrogens with zero attached hydrogens (tertiary/aromatic N) is 2. The summed E-state index contributed by atoms with van der Waals surface area (Å²) in [5.74, 6) is 1.51. The zero-order valence-electron chi connectivity index (χ0n) is 11.8. The molecule has 0 aliphatic heterocycles. The van der Waals surface area contributed by atoms with E-state index >= 15 is 0 Å². The molecule has 0 N–H and O–H groups in total. The predicted octanol–water partition coefficient (Wildman–Crippen LogP) is 5.02. The van der Waals surface area contributed by atoms with Gasteiger partial charge >= 0.3 is 0 Å². The number of fused-ring (bicyclic) bond motifs is 1. The highest BCUT2D eigenvalue weighted by molar-refractivity contribution is 6.31. The standard InChI is InChI=1S/C17H16Cl2N2/c1-2-12-3-6-14(7-4-12)21-16-8-5-13(19)11-15(16)20-17(21)9-10-18/h3-8,11H,2,9-10H2,1H3. The summed E-state index contributed by atoms with van der Waals surface area (Å²) < 4.78 is 2.16. The third kappa shape index (κ3) is 2.78. The van der Waals surface area contributed by atoms with Crippen LogP contribution in [0.3, 0.4) is 0 Å². The van der Waals surface area contributed by atoms with Crippen molar-refractivity contribution in [2.45, 2.75) is 19.8 Å². The fourth-order valence-electron chi connectivity index (χ4n) is 2.52. The molecular formula is C17H16Cl2N2. The lowest BCUT2D eigenvalue weighted by Gasteiger charge is -2.09. The second kappa shape index (κ2) is 6.08. The largest absolute Gasteiger partial charge is 0.296 e. The number of rotatable bonds is 4. The first-order chi connectivity index (χ1) is 10.2. The number of aryl methyl sites for hydroxylation is 2. The Balaban J connectivity index is 2.20. The first-order valence-electron chi connectivity index (χ1n) is 7.05. The van der Waals surface area contributed by atoms with Crippen LogP contribution in [0.4, 0.5) is 0 Å². The molecule has 1 aromatic heterocycles. The molecule has 0 spiro atoms. The lowest BCUT2D eigenvalue weighted by molar-refractivity contribution is 0.911. The Labute approximate surface area is 134 Å². The fraction of sp³-hybridized carbons (Fsp3) is 0.235. The van der Waals surface area contributed by atoms with E-state index in [9.17, 15) is 0 Å². The maximum atomic E-state index is 6.07. The molecule has 0 aliphatic carbocycles. The number of alkyl halides is 1. The molecule has 4 heteroatoms. The smallest absolute Gasteiger partial charge is 0.115 e. The van der Waals surface area contributed by atoms with Crippen molar-refractivity contribution in [3.8, 4) is 5.69 Å². The number of hydrogen-bond donors (Lipinski definition) is 0. The molecule has 0 aliphatic rings. The van der Waals surface area contributed by atoms with Gasteiger partial charge in [0, 0.05) is 23.0 Å². The zero-order chi connectivity index (χ0) is 14.8. The Morgan fingerprint density at radius 3 is 2.52 bits per heavy atom. The SMILES string of the molecule is CCc1ccc(-n2c(CCCl)nc3cc(Cl)ccc32)cc1. The van der Waals surface area contributed by atoms with E-state index in [0.717, 1.165) is 35.4 Å². The van der Waals surface area contributed by atoms with Crippen molar-refractivity contribution in [2.24, 2.45) is 0 Å². The molecule has 0 fully saturated rings. The van der Waals surface area contributed by atoms with Crippen molar-refractivity contribution in [2.75, 3.05) is 5.88 Å². The van der Waals surface area contributed by atoms with Crippen molar-refractivity contribution in [3.63, 3.8) is 0 Å². The number of hydrogen-bond acceptors (Lipinski definition) is 1. The minimum atomic E-state index is 0.546. The van der Waals surface area contributed by atoms with Gasteiger partial charge in [-0.15, -0.1) is 11.6 Å². The molecular weight excluding hydrogens is 303 g/mol. The number of benzene rings is 2. The zero-order valence-corrected chi connectivity index (χ0v) is 13.3. The molecule has 0 atom stereocenters. The molecule has 3 rings (SSSR count). The summed E-state index contributed by atoms with van der Waals surface area (Å²) in [5.41, 5.74) is 4.40. The molecule has 0 radical (unpaired) electrons. The average Bonchev–Trinajstić information content (AvgIpc) is 2.85. The van der Waals surface area contributed by atoms with Gasteiger partial charge in [-0.1, -0.05) is 30.7 Å². The maximum absolute atomic E-state index is 6.07. The van der Waals surface area contributed by atoms with Gasteiger partial charge in [0.25, 0.3) is 0 Å². The van der Waals surface area contributed by atoms with Gasteiger partial charge in [-0.05, 0) is 42.3 Å². The van der Waals surface area contributed by atoms with Gasteiger partial charge in [0.1, 0.15) is 5.82 Å². The summed E-state index contributed by atoms with van der Waals surface area (Å²) in [6.07, 6.45) is 1.76. The molecule has 2 aromatic carbocycles. The molecule has 108 valence electrons. The Bertz CT molecular complexity index is 760. The van der Waals surface area contributed by atoms with Gasteiger partial charge in [-0.3, -0.25) is 4.57 Å². The molecule has 0 saturated heterocycles. The summed E-state index contributed by atoms with van der Waals surface area (Å²) >= 11 is 12.0. The summed E-state index contributed by atoms with van der Waals surface area (Å²) in [6, 6.07) is 14.4. The van der Waals surface area contributed by atoms with Gasteiger partial charge in [0.2, 0.25) is 0 Å². The van der Waals surface area contributed by atoms with E-state index < -0.39 is 0 Å². The Kier molecular flexibility index (Phi) is 4.18. The van der Waals surface area contributed by atoms with Crippen molar-refractivity contribution in [1.29, 1.82) is 0 Å². The van der Waals surface area contributed by atoms with Crippen molar-refractivity contribution < 1.29 is 0 Å². The highest BCUT2D eigenvalue weighted by Crippen LogP contribution is 2.25. The monoisotopic (exact) mass is 318 g/mol. The maximum Gasteiger partial charge on any atom is 0.115 e. The first-order valence-corrected chi connectivity index (χ1v) is 7.96. The van der Waals surface area contributed by atoms with Crippen molar-refractivity contribution in [3.05, 3.63) is 58.9 Å². The third-order valence-electron chi connectivity index (χ3n) is 3.61. The van der Waals surface area contributed by atoms with E-state index in [2.05, 4.69) is 40.7 Å². The van der Waals surface area contributed by atoms with E-state index in [1.807, 2.05) is 18.2 Å². The van der Waals surface area contributed by atoms with Crippen LogP contribution in [-0.4, -0.2) is 15.4 Å². The molecule has 0 saturated carbocycles. The minimum absolute atomic E-state index is 0.546. The van der Waals surface area contributed by atoms with E-state index in [-0.39, 0.29) is 0 Å². The Morgan fingerprint density at radius 1 is 1.10 bits per heavy atom. The summed E-state index contributed by atoms with van der Waals surface area (Å²) in [5, 5.41) is 0.700. The summed E-state index contributed by atoms with van der Waals surface area (Å²) in [4.78, 5) is 4.68. The summed E-state index contributed by atoms with van der Waals surface area (Å²) in [6.45, 7) is 2.16. The average molecular weight is 319 g/mol. The lowest BCUT2D eigenvalue weighted by Crippen LogP contribution is -2.02. The number of imidazole rings is 1. The van der Waals surface area contributed by atoms with E-state index in [0.29, 0.717) is 10.9 Å². The van der Waals surface area contributed by atoms with Gasteiger partial charge in [0.05, 0.1) is 11.0 Å². The molecule has 2 nitrogen and oxygen atoms in total. The van der Waals surface area contributed by atoms with Crippen LogP contribution in [0.1, 0.15) is 18.3 Å². The normalized spacial score (nSPS) is 11.2. The van der Waals surface area contributed by atoms with Gasteiger partial charge in [-0.2, -0.15) is 0 Å². The van der Waals surface area contributed by atoms with Crippen LogP contribution < -0.4 is 0 Å². The first kappa shape index (κ1) is 14.4. The summed E-state index contributed by atoms with van der Waals surface area (Å²) in [7, 11) is 0. The molecule has 0 amide bonds. The van der Waals surface area contributed by atoms with E-state index in [1.54, 1.807) is 0 Å². The van der Waals surface area contributed by atoms with Gasteiger partial charge in [0.15, 0.2) is 0 Å². The second-order valence-electron chi connectivity index (χ2n) is 4.96. The predicted molar refractivity (Wildman–Crippen MR) is 89.9 cm³/mol. The molecule has 1 heterocycles. The molecule has 21 heavy (non-hydrogen) atoms. The topological polar surface area (TPSA) is 17.8 Å². The third-order valence-corrected chi connectivity index (χ3v) is 4.03. The molecule has 0 unspecified atom stereocenters. The van der Waals surface area contributed by atoms with E-state index in [1.165, 1.54) is 5.56 Å². The Hall–Kier alpha value is -1.51. The number of aromatic nitrogens is 2. The minimum Gasteiger partial charge on any atom is -0.296 e. The highest BCUT2D eigenvalue weighted by atomic mass is 35.5. The molecule has 0 bridgehead atoms. The van der Waals surface area contributed by atoms with Crippen molar-refractivity contribution >= 4 is 34.2 Å². The van der Waals surface area contributed by atoms with Crippen molar-refractivity contribution in [1.82, 2.24) is 9.55 Å². The Morgan fingerprint density at radius 2 is 1.86 bits per heavy atom. The van der Waals surface area contributed by atoms with Crippen LogP contribution in [-0.2, 0) is 12.8 Å². The van der Waals surface area contributed by atoms with Crippen LogP contribution >= 0.6 is 23.2 Å². The fourth-order valence-corrected chi connectivity index (χ4v) is 2.86. The van der Waals surface area contributed by atoms with Gasteiger partial charge < -0.3 is 0 Å². The van der Waals surface area contributed by atoms with Crippen LogP contribution in [0.5, 0.6) is 0 Å². The molecule has 3 aromatic rings. The number of halogens is 2. The second-order valence-corrected chi connectivity index (χ2v) is 5.77. The quantitative estimate of drug-likeness (QED) is 0.617. The van der Waals surface area contributed by atoms with Crippen LogP contribution in [0.25, 0.3) is 16.7 Å². The van der Waals surface area contributed by atoms with Crippen LogP contribution in [0.15, 0.2) is 42.5 Å². The highest BCUT2D eigenvalue weighted by Gasteiger charge is 2.12. The van der Waals surface area contributed by atoms with E-state index in [4.69, 9.17) is 23.2 Å². The lowest BCUT2D eigenvalue weighted by atomic mass is 10.1. The van der Waals surface area contributed by atoms with Crippen LogP contribution in [0, 0.1) is 0 Å².